The van der Waals surface area contributed by atoms with Gasteiger partial charge in [-0.15, -0.1) is 0 Å². The standard InChI is InChI=1S/C6H8BrClN4/c7-4-3-11-6(8)12-5(4)10-2-1-9/h3H,1-2,9H2,(H,10,11,12). The molecular weight excluding hydrogens is 243 g/mol. The first kappa shape index (κ1) is 9.70. The molecule has 0 saturated heterocycles. The SMILES string of the molecule is NCCNc1nc(Cl)ncc1Br. The molecule has 0 aliphatic carbocycles. The number of nitrogens with zero attached hydrogens (tertiary/aromatic N) is 2. The number of anilines is 1. The van der Waals surface area contributed by atoms with Crippen LogP contribution in [-0.2, 0) is 0 Å². The fourth-order valence-electron chi connectivity index (χ4n) is 0.660. The average Bonchev–Trinajstić information content (AvgIpc) is 2.07. The zero-order valence-corrected chi connectivity index (χ0v) is 8.56. The summed E-state index contributed by atoms with van der Waals surface area (Å²) in [6.45, 7) is 1.21. The van der Waals surface area contributed by atoms with Crippen molar-refractivity contribution in [2.24, 2.45) is 5.73 Å². The maximum absolute atomic E-state index is 5.58. The molecule has 4 nitrogen and oxygen atoms in total. The van der Waals surface area contributed by atoms with E-state index in [2.05, 4.69) is 31.2 Å². The molecule has 1 aromatic heterocycles. The Hall–Kier alpha value is -0.390. The minimum atomic E-state index is 0.220. The molecule has 0 bridgehead atoms. The molecule has 0 saturated carbocycles. The molecule has 12 heavy (non-hydrogen) atoms. The number of nitrogens with one attached hydrogen (secondary N) is 1. The predicted octanol–water partition coefficient (Wildman–Crippen LogP) is 1.26. The third-order valence-electron chi connectivity index (χ3n) is 1.15. The number of halogens is 2. The van der Waals surface area contributed by atoms with Crippen molar-refractivity contribution >= 4 is 33.3 Å². The predicted molar refractivity (Wildman–Crippen MR) is 52.3 cm³/mol. The number of nitrogens with two attached hydrogens (primary N) is 1. The van der Waals surface area contributed by atoms with Gasteiger partial charge in [-0.1, -0.05) is 0 Å². The van der Waals surface area contributed by atoms with Crippen LogP contribution in [0.25, 0.3) is 0 Å². The van der Waals surface area contributed by atoms with E-state index in [4.69, 9.17) is 17.3 Å². The van der Waals surface area contributed by atoms with Gasteiger partial charge in [-0.2, -0.15) is 4.98 Å². The minimum absolute atomic E-state index is 0.220. The summed E-state index contributed by atoms with van der Waals surface area (Å²) in [4.78, 5) is 7.73. The first-order valence-corrected chi connectivity index (χ1v) is 4.53. The zero-order valence-electron chi connectivity index (χ0n) is 6.22. The van der Waals surface area contributed by atoms with E-state index in [-0.39, 0.29) is 5.28 Å². The number of hydrogen-bond acceptors (Lipinski definition) is 4. The highest BCUT2D eigenvalue weighted by atomic mass is 79.9. The van der Waals surface area contributed by atoms with Crippen molar-refractivity contribution in [2.45, 2.75) is 0 Å². The van der Waals surface area contributed by atoms with Gasteiger partial charge in [-0.05, 0) is 27.5 Å². The van der Waals surface area contributed by atoms with Gasteiger partial charge in [0.15, 0.2) is 0 Å². The lowest BCUT2D eigenvalue weighted by Gasteiger charge is -2.04. The normalized spacial score (nSPS) is 9.92. The summed E-state index contributed by atoms with van der Waals surface area (Å²) in [6.07, 6.45) is 1.59. The third kappa shape index (κ3) is 2.58. The van der Waals surface area contributed by atoms with Gasteiger partial charge in [0.2, 0.25) is 5.28 Å². The summed E-state index contributed by atoms with van der Waals surface area (Å²) < 4.78 is 0.778. The van der Waals surface area contributed by atoms with E-state index in [1.165, 1.54) is 0 Å². The summed E-state index contributed by atoms with van der Waals surface area (Å²) >= 11 is 8.86. The van der Waals surface area contributed by atoms with Crippen LogP contribution in [0.1, 0.15) is 0 Å². The Kier molecular flexibility index (Phi) is 3.71. The lowest BCUT2D eigenvalue weighted by molar-refractivity contribution is 1.00. The first-order chi connectivity index (χ1) is 5.74. The summed E-state index contributed by atoms with van der Waals surface area (Å²) in [5.74, 6) is 0.667. The highest BCUT2D eigenvalue weighted by Gasteiger charge is 2.01. The van der Waals surface area contributed by atoms with E-state index in [0.29, 0.717) is 18.9 Å². The van der Waals surface area contributed by atoms with Crippen LogP contribution in [0.3, 0.4) is 0 Å². The van der Waals surface area contributed by atoms with Crippen molar-refractivity contribution < 1.29 is 0 Å². The summed E-state index contributed by atoms with van der Waals surface area (Å²) in [5.41, 5.74) is 5.31. The van der Waals surface area contributed by atoms with Crippen molar-refractivity contribution in [3.05, 3.63) is 16.0 Å². The first-order valence-electron chi connectivity index (χ1n) is 3.36. The van der Waals surface area contributed by atoms with E-state index in [9.17, 15) is 0 Å². The van der Waals surface area contributed by atoms with Gasteiger partial charge in [0.1, 0.15) is 5.82 Å². The molecule has 0 atom stereocenters. The molecule has 3 N–H and O–H groups in total. The molecular formula is C6H8BrClN4. The van der Waals surface area contributed by atoms with E-state index in [1.54, 1.807) is 6.20 Å². The maximum Gasteiger partial charge on any atom is 0.224 e. The van der Waals surface area contributed by atoms with Gasteiger partial charge in [0.25, 0.3) is 0 Å². The summed E-state index contributed by atoms with van der Waals surface area (Å²) in [7, 11) is 0. The molecule has 0 aromatic carbocycles. The molecule has 66 valence electrons. The molecule has 0 unspecified atom stereocenters. The topological polar surface area (TPSA) is 63.8 Å². The maximum atomic E-state index is 5.58. The van der Waals surface area contributed by atoms with Crippen LogP contribution in [0.4, 0.5) is 5.82 Å². The van der Waals surface area contributed by atoms with Crippen molar-refractivity contribution in [1.82, 2.24) is 9.97 Å². The fourth-order valence-corrected chi connectivity index (χ4v) is 1.12. The smallest absolute Gasteiger partial charge is 0.224 e. The molecule has 0 amide bonds. The van der Waals surface area contributed by atoms with Crippen LogP contribution in [-0.4, -0.2) is 23.1 Å². The van der Waals surface area contributed by atoms with Crippen LogP contribution in [0.15, 0.2) is 10.7 Å². The van der Waals surface area contributed by atoms with Gasteiger partial charge in [0, 0.05) is 19.3 Å². The number of hydrogen-bond donors (Lipinski definition) is 2. The highest BCUT2D eigenvalue weighted by molar-refractivity contribution is 9.10. The van der Waals surface area contributed by atoms with Crippen molar-refractivity contribution in [3.63, 3.8) is 0 Å². The Morgan fingerprint density at radius 3 is 3.08 bits per heavy atom. The van der Waals surface area contributed by atoms with Crippen molar-refractivity contribution in [1.29, 1.82) is 0 Å². The van der Waals surface area contributed by atoms with E-state index < -0.39 is 0 Å². The van der Waals surface area contributed by atoms with Crippen LogP contribution in [0.5, 0.6) is 0 Å². The molecule has 0 aliphatic heterocycles. The van der Waals surface area contributed by atoms with Crippen molar-refractivity contribution in [2.75, 3.05) is 18.4 Å². The molecule has 0 fully saturated rings. The molecule has 0 radical (unpaired) electrons. The van der Waals surface area contributed by atoms with Crippen LogP contribution >= 0.6 is 27.5 Å². The molecule has 1 aromatic rings. The average molecular weight is 252 g/mol. The van der Waals surface area contributed by atoms with E-state index in [1.807, 2.05) is 0 Å². The Bertz CT molecular complexity index is 268. The van der Waals surface area contributed by atoms with Crippen molar-refractivity contribution in [3.8, 4) is 0 Å². The van der Waals surface area contributed by atoms with Gasteiger partial charge in [-0.25, -0.2) is 4.98 Å². The van der Waals surface area contributed by atoms with E-state index in [0.717, 1.165) is 4.47 Å². The highest BCUT2D eigenvalue weighted by Crippen LogP contribution is 2.19. The van der Waals surface area contributed by atoms with Gasteiger partial charge >= 0.3 is 0 Å². The molecule has 0 spiro atoms. The van der Waals surface area contributed by atoms with E-state index >= 15 is 0 Å². The van der Waals surface area contributed by atoms with Crippen LogP contribution in [0.2, 0.25) is 5.28 Å². The molecule has 6 heteroatoms. The lowest BCUT2D eigenvalue weighted by atomic mass is 10.5. The lowest BCUT2D eigenvalue weighted by Crippen LogP contribution is -2.14. The second kappa shape index (κ2) is 4.59. The molecule has 1 rings (SSSR count). The van der Waals surface area contributed by atoms with Gasteiger partial charge in [0.05, 0.1) is 4.47 Å². The summed E-state index contributed by atoms with van der Waals surface area (Å²) in [5, 5.41) is 3.22. The third-order valence-corrected chi connectivity index (χ3v) is 1.91. The molecule has 0 aliphatic rings. The number of aromatic nitrogens is 2. The number of rotatable bonds is 3. The van der Waals surface area contributed by atoms with Crippen LogP contribution in [0, 0.1) is 0 Å². The second-order valence-corrected chi connectivity index (χ2v) is 3.24. The van der Waals surface area contributed by atoms with Gasteiger partial charge in [-0.3, -0.25) is 0 Å². The Balaban J connectivity index is 2.75. The summed E-state index contributed by atoms with van der Waals surface area (Å²) in [6, 6.07) is 0. The Morgan fingerprint density at radius 1 is 1.67 bits per heavy atom. The Labute approximate surface area is 83.7 Å². The van der Waals surface area contributed by atoms with Crippen LogP contribution < -0.4 is 11.1 Å². The monoisotopic (exact) mass is 250 g/mol. The zero-order chi connectivity index (χ0) is 8.97. The fraction of sp³-hybridized carbons (Fsp3) is 0.333. The quantitative estimate of drug-likeness (QED) is 0.794. The molecule has 1 heterocycles. The minimum Gasteiger partial charge on any atom is -0.368 e. The largest absolute Gasteiger partial charge is 0.368 e. The van der Waals surface area contributed by atoms with Gasteiger partial charge < -0.3 is 11.1 Å². The second-order valence-electron chi connectivity index (χ2n) is 2.05. The Morgan fingerprint density at radius 2 is 2.42 bits per heavy atom.